The van der Waals surface area contributed by atoms with E-state index in [4.69, 9.17) is 5.11 Å². The first-order valence-corrected chi connectivity index (χ1v) is 6.09. The van der Waals surface area contributed by atoms with Crippen molar-refractivity contribution in [3.63, 3.8) is 0 Å². The third-order valence-electron chi connectivity index (χ3n) is 2.77. The molecule has 0 unspecified atom stereocenters. The highest BCUT2D eigenvalue weighted by molar-refractivity contribution is 5.89. The fourth-order valence-corrected chi connectivity index (χ4v) is 1.76. The van der Waals surface area contributed by atoms with Crippen LogP contribution in [0.4, 0.5) is 11.6 Å². The highest BCUT2D eigenvalue weighted by Crippen LogP contribution is 2.11. The van der Waals surface area contributed by atoms with Crippen LogP contribution >= 0.6 is 0 Å². The van der Waals surface area contributed by atoms with Crippen molar-refractivity contribution in [2.24, 2.45) is 0 Å². The number of carbonyl (C=O) groups is 1. The minimum Gasteiger partial charge on any atom is -0.478 e. The van der Waals surface area contributed by atoms with Gasteiger partial charge in [-0.25, -0.2) is 14.8 Å². The van der Waals surface area contributed by atoms with Gasteiger partial charge in [0.2, 0.25) is 5.95 Å². The normalized spacial score (nSPS) is 10.1. The molecule has 0 saturated carbocycles. The van der Waals surface area contributed by atoms with Crippen molar-refractivity contribution in [2.45, 2.75) is 6.42 Å². The number of anilines is 1. The summed E-state index contributed by atoms with van der Waals surface area (Å²) in [6.45, 7) is 0.419. The number of hydrogen-bond acceptors (Lipinski definition) is 6. The number of nitro groups is 1. The first kappa shape index (κ1) is 14.4. The summed E-state index contributed by atoms with van der Waals surface area (Å²) < 4.78 is 0. The van der Waals surface area contributed by atoms with Gasteiger partial charge in [-0.05, 0) is 18.1 Å². The largest absolute Gasteiger partial charge is 0.478 e. The van der Waals surface area contributed by atoms with Crippen molar-refractivity contribution in [2.75, 3.05) is 11.9 Å². The van der Waals surface area contributed by atoms with Crippen LogP contribution in [0.1, 0.15) is 15.9 Å². The summed E-state index contributed by atoms with van der Waals surface area (Å²) in [5.41, 5.74) is 0.764. The van der Waals surface area contributed by atoms with Crippen LogP contribution in [0.3, 0.4) is 0 Å². The number of nitrogens with zero attached hydrogens (tertiary/aromatic N) is 3. The van der Waals surface area contributed by atoms with Gasteiger partial charge < -0.3 is 10.4 Å². The molecule has 0 bridgehead atoms. The minimum atomic E-state index is -0.975. The Balaban J connectivity index is 1.95. The number of benzene rings is 1. The lowest BCUT2D eigenvalue weighted by Crippen LogP contribution is -2.10. The smallest absolute Gasteiger partial charge is 0.335 e. The number of carboxylic acid groups (broad SMARTS) is 1. The van der Waals surface area contributed by atoms with Crippen molar-refractivity contribution in [1.82, 2.24) is 9.97 Å². The molecule has 108 valence electrons. The second-order valence-electron chi connectivity index (χ2n) is 4.16. The average molecular weight is 288 g/mol. The lowest BCUT2D eigenvalue weighted by Gasteiger charge is -2.07. The Kier molecular flexibility index (Phi) is 4.39. The Hall–Kier alpha value is -3.03. The second-order valence-corrected chi connectivity index (χ2v) is 4.16. The molecule has 0 fully saturated rings. The molecular formula is C13H12N4O4. The van der Waals surface area contributed by atoms with E-state index in [1.54, 1.807) is 24.3 Å². The van der Waals surface area contributed by atoms with E-state index in [2.05, 4.69) is 15.3 Å². The summed E-state index contributed by atoms with van der Waals surface area (Å²) in [5.74, 6) is -0.717. The highest BCUT2D eigenvalue weighted by Gasteiger charge is 2.09. The Labute approximate surface area is 119 Å². The molecule has 8 nitrogen and oxygen atoms in total. The lowest BCUT2D eigenvalue weighted by molar-refractivity contribution is -0.385. The predicted octanol–water partition coefficient (Wildman–Crippen LogP) is 1.74. The topological polar surface area (TPSA) is 118 Å². The van der Waals surface area contributed by atoms with Crippen LogP contribution in [-0.2, 0) is 6.42 Å². The number of rotatable bonds is 6. The predicted molar refractivity (Wildman–Crippen MR) is 74.3 cm³/mol. The van der Waals surface area contributed by atoms with E-state index in [0.29, 0.717) is 18.5 Å². The van der Waals surface area contributed by atoms with Crippen LogP contribution < -0.4 is 5.32 Å². The van der Waals surface area contributed by atoms with Gasteiger partial charge in [-0.15, -0.1) is 0 Å². The van der Waals surface area contributed by atoms with Crippen LogP contribution in [0, 0.1) is 10.1 Å². The fraction of sp³-hybridized carbons (Fsp3) is 0.154. The third-order valence-corrected chi connectivity index (χ3v) is 2.77. The molecule has 0 aliphatic heterocycles. The Morgan fingerprint density at radius 2 is 1.95 bits per heavy atom. The molecule has 1 heterocycles. The fourth-order valence-electron chi connectivity index (χ4n) is 1.76. The zero-order valence-corrected chi connectivity index (χ0v) is 10.9. The van der Waals surface area contributed by atoms with Gasteiger partial charge >= 0.3 is 11.7 Å². The molecule has 1 aromatic carbocycles. The van der Waals surface area contributed by atoms with E-state index in [0.717, 1.165) is 12.4 Å². The van der Waals surface area contributed by atoms with Gasteiger partial charge in [0.25, 0.3) is 0 Å². The van der Waals surface area contributed by atoms with Crippen LogP contribution in [0.15, 0.2) is 36.7 Å². The van der Waals surface area contributed by atoms with Crippen molar-refractivity contribution in [1.29, 1.82) is 0 Å². The summed E-state index contributed by atoms with van der Waals surface area (Å²) in [7, 11) is 0. The minimum absolute atomic E-state index is 0.184. The van der Waals surface area contributed by atoms with Gasteiger partial charge in [0, 0.05) is 6.54 Å². The molecule has 0 atom stereocenters. The van der Waals surface area contributed by atoms with E-state index >= 15 is 0 Å². The second kappa shape index (κ2) is 6.42. The molecule has 0 amide bonds. The number of hydrogen-bond donors (Lipinski definition) is 2. The van der Waals surface area contributed by atoms with Crippen molar-refractivity contribution < 1.29 is 14.8 Å². The molecule has 0 aliphatic rings. The maximum atomic E-state index is 11.0. The number of aromatic carboxylic acids is 1. The van der Waals surface area contributed by atoms with Gasteiger partial charge in [0.1, 0.15) is 12.4 Å². The molecule has 0 radical (unpaired) electrons. The maximum absolute atomic E-state index is 11.0. The molecule has 2 rings (SSSR count). The molecule has 1 aromatic heterocycles. The standard InChI is InChI=1S/C13H12N4O4/c18-12(19)11-4-2-1-3-9(11)5-6-14-13-15-7-10(8-16-13)17(20)21/h1-4,7-8H,5-6H2,(H,18,19)(H,14,15,16). The molecule has 2 aromatic rings. The summed E-state index contributed by atoms with van der Waals surface area (Å²) >= 11 is 0. The first-order valence-electron chi connectivity index (χ1n) is 6.09. The Bertz CT molecular complexity index is 657. The zero-order valence-electron chi connectivity index (χ0n) is 10.9. The van der Waals surface area contributed by atoms with Crippen LogP contribution in [0.5, 0.6) is 0 Å². The highest BCUT2D eigenvalue weighted by atomic mass is 16.6. The van der Waals surface area contributed by atoms with Crippen molar-refractivity contribution in [3.8, 4) is 0 Å². The van der Waals surface area contributed by atoms with E-state index in [1.807, 2.05) is 0 Å². The van der Waals surface area contributed by atoms with Gasteiger partial charge in [0.15, 0.2) is 0 Å². The third kappa shape index (κ3) is 3.72. The van der Waals surface area contributed by atoms with E-state index in [9.17, 15) is 14.9 Å². The number of nitrogens with one attached hydrogen (secondary N) is 1. The lowest BCUT2D eigenvalue weighted by atomic mass is 10.0. The maximum Gasteiger partial charge on any atom is 0.335 e. The van der Waals surface area contributed by atoms with E-state index in [-0.39, 0.29) is 17.2 Å². The summed E-state index contributed by atoms with van der Waals surface area (Å²) in [5, 5.41) is 22.4. The van der Waals surface area contributed by atoms with Crippen molar-refractivity contribution in [3.05, 3.63) is 57.9 Å². The number of aromatic nitrogens is 2. The van der Waals surface area contributed by atoms with Gasteiger partial charge in [-0.2, -0.15) is 0 Å². The quantitative estimate of drug-likeness (QED) is 0.613. The molecule has 0 saturated heterocycles. The molecule has 21 heavy (non-hydrogen) atoms. The molecule has 0 spiro atoms. The Morgan fingerprint density at radius 3 is 2.57 bits per heavy atom. The van der Waals surface area contributed by atoms with Crippen LogP contribution in [-0.4, -0.2) is 32.5 Å². The van der Waals surface area contributed by atoms with Crippen LogP contribution in [0.2, 0.25) is 0 Å². The molecule has 0 aliphatic carbocycles. The van der Waals surface area contributed by atoms with E-state index in [1.165, 1.54) is 0 Å². The molecule has 2 N–H and O–H groups in total. The number of carboxylic acids is 1. The summed E-state index contributed by atoms with van der Waals surface area (Å²) in [6, 6.07) is 6.71. The SMILES string of the molecule is O=C(O)c1ccccc1CCNc1ncc([N+](=O)[O-])cn1. The monoisotopic (exact) mass is 288 g/mol. The summed E-state index contributed by atoms with van der Waals surface area (Å²) in [6.07, 6.45) is 2.70. The zero-order chi connectivity index (χ0) is 15.2. The molecule has 8 heteroatoms. The van der Waals surface area contributed by atoms with Crippen molar-refractivity contribution >= 4 is 17.6 Å². The van der Waals surface area contributed by atoms with Gasteiger partial charge in [-0.3, -0.25) is 10.1 Å². The average Bonchev–Trinajstić information content (AvgIpc) is 2.48. The van der Waals surface area contributed by atoms with Gasteiger partial charge in [-0.1, -0.05) is 18.2 Å². The van der Waals surface area contributed by atoms with Crippen LogP contribution in [0.25, 0.3) is 0 Å². The van der Waals surface area contributed by atoms with Gasteiger partial charge in [0.05, 0.1) is 10.5 Å². The molecular weight excluding hydrogens is 276 g/mol. The summed E-state index contributed by atoms with van der Waals surface area (Å²) in [4.78, 5) is 28.5. The first-order chi connectivity index (χ1) is 10.1. The Morgan fingerprint density at radius 1 is 1.29 bits per heavy atom. The van der Waals surface area contributed by atoms with E-state index < -0.39 is 10.9 Å².